The first-order chi connectivity index (χ1) is 7.70. The molecule has 4 heteroatoms. The largest absolute Gasteiger partial charge is 0.392 e. The fraction of sp³-hybridized carbons (Fsp3) is 0.0833. The Morgan fingerprint density at radius 2 is 1.81 bits per heavy atom. The summed E-state index contributed by atoms with van der Waals surface area (Å²) in [6.45, 7) is -0.143. The van der Waals surface area contributed by atoms with E-state index in [1.807, 2.05) is 0 Å². The molecule has 0 atom stereocenters. The molecule has 0 bridgehead atoms. The molecule has 1 heterocycles. The Balaban J connectivity index is 2.41. The van der Waals surface area contributed by atoms with Crippen molar-refractivity contribution in [2.45, 2.75) is 6.61 Å². The van der Waals surface area contributed by atoms with E-state index in [1.54, 1.807) is 24.3 Å². The van der Waals surface area contributed by atoms with Crippen molar-refractivity contribution in [3.8, 4) is 11.3 Å². The molecule has 0 spiro atoms. The molecule has 0 aliphatic carbocycles. The van der Waals surface area contributed by atoms with E-state index in [4.69, 9.17) is 16.7 Å². The molecule has 82 valence electrons. The van der Waals surface area contributed by atoms with Crippen LogP contribution in [-0.4, -0.2) is 10.1 Å². The van der Waals surface area contributed by atoms with Gasteiger partial charge in [0.2, 0.25) is 0 Å². The van der Waals surface area contributed by atoms with E-state index in [-0.39, 0.29) is 17.6 Å². The van der Waals surface area contributed by atoms with Crippen LogP contribution in [0.15, 0.2) is 36.4 Å². The molecular formula is C12H9ClFNO. The Morgan fingerprint density at radius 1 is 1.12 bits per heavy atom. The summed E-state index contributed by atoms with van der Waals surface area (Å²) < 4.78 is 12.7. The fourth-order valence-corrected chi connectivity index (χ4v) is 1.58. The average molecular weight is 238 g/mol. The van der Waals surface area contributed by atoms with Gasteiger partial charge in [0.25, 0.3) is 0 Å². The van der Waals surface area contributed by atoms with Crippen molar-refractivity contribution in [3.05, 3.63) is 52.9 Å². The van der Waals surface area contributed by atoms with Crippen LogP contribution in [0.5, 0.6) is 0 Å². The van der Waals surface area contributed by atoms with Gasteiger partial charge in [-0.1, -0.05) is 17.7 Å². The van der Waals surface area contributed by atoms with E-state index in [0.717, 1.165) is 5.56 Å². The molecule has 0 aliphatic rings. The van der Waals surface area contributed by atoms with Gasteiger partial charge in [-0.05, 0) is 30.3 Å². The Bertz CT molecular complexity index is 499. The highest BCUT2D eigenvalue weighted by Crippen LogP contribution is 2.22. The van der Waals surface area contributed by atoms with Crippen LogP contribution >= 0.6 is 11.6 Å². The lowest BCUT2D eigenvalue weighted by Crippen LogP contribution is -1.91. The highest BCUT2D eigenvalue weighted by molar-refractivity contribution is 6.30. The van der Waals surface area contributed by atoms with Crippen LogP contribution in [-0.2, 0) is 6.61 Å². The molecule has 2 rings (SSSR count). The molecular weight excluding hydrogens is 229 g/mol. The molecule has 2 aromatic rings. The van der Waals surface area contributed by atoms with Crippen molar-refractivity contribution in [3.63, 3.8) is 0 Å². The molecule has 1 aromatic heterocycles. The number of halogens is 2. The lowest BCUT2D eigenvalue weighted by molar-refractivity contribution is 0.281. The van der Waals surface area contributed by atoms with Gasteiger partial charge in [0.1, 0.15) is 11.0 Å². The summed E-state index contributed by atoms with van der Waals surface area (Å²) in [6.07, 6.45) is 0. The van der Waals surface area contributed by atoms with Crippen LogP contribution in [0, 0.1) is 5.82 Å². The molecule has 0 unspecified atom stereocenters. The molecule has 0 fully saturated rings. The van der Waals surface area contributed by atoms with Crippen molar-refractivity contribution in [1.29, 1.82) is 0 Å². The molecule has 0 saturated carbocycles. The maximum absolute atomic E-state index is 12.7. The third-order valence-corrected chi connectivity index (χ3v) is 2.56. The quantitative estimate of drug-likeness (QED) is 0.815. The van der Waals surface area contributed by atoms with Crippen LogP contribution in [0.25, 0.3) is 11.3 Å². The van der Waals surface area contributed by atoms with Crippen LogP contribution in [0.1, 0.15) is 5.56 Å². The maximum atomic E-state index is 12.7. The van der Waals surface area contributed by atoms with E-state index >= 15 is 0 Å². The van der Waals surface area contributed by atoms with E-state index in [9.17, 15) is 4.39 Å². The first kappa shape index (κ1) is 11.0. The van der Waals surface area contributed by atoms with E-state index in [1.165, 1.54) is 12.1 Å². The molecule has 2 nitrogen and oxygen atoms in total. The van der Waals surface area contributed by atoms with Gasteiger partial charge < -0.3 is 5.11 Å². The van der Waals surface area contributed by atoms with Gasteiger partial charge in [0, 0.05) is 11.1 Å². The second-order valence-electron chi connectivity index (χ2n) is 3.31. The van der Waals surface area contributed by atoms with Gasteiger partial charge in [0.15, 0.2) is 0 Å². The third-order valence-electron chi connectivity index (χ3n) is 2.24. The van der Waals surface area contributed by atoms with Crippen LogP contribution in [0.3, 0.4) is 0 Å². The summed E-state index contributed by atoms with van der Waals surface area (Å²) in [5, 5.41) is 9.21. The van der Waals surface area contributed by atoms with Crippen molar-refractivity contribution in [1.82, 2.24) is 4.98 Å². The number of rotatable bonds is 2. The van der Waals surface area contributed by atoms with Gasteiger partial charge in [-0.2, -0.15) is 0 Å². The number of benzene rings is 1. The molecule has 0 aliphatic heterocycles. The monoisotopic (exact) mass is 237 g/mol. The third kappa shape index (κ3) is 2.21. The number of aromatic nitrogens is 1. The molecule has 0 saturated heterocycles. The summed E-state index contributed by atoms with van der Waals surface area (Å²) in [5.74, 6) is -0.290. The second kappa shape index (κ2) is 4.60. The van der Waals surface area contributed by atoms with E-state index < -0.39 is 0 Å². The fourth-order valence-electron chi connectivity index (χ4n) is 1.36. The summed E-state index contributed by atoms with van der Waals surface area (Å²) in [7, 11) is 0. The predicted molar refractivity (Wildman–Crippen MR) is 60.6 cm³/mol. The SMILES string of the molecule is OCc1ccc(-c2ccc(F)cc2)nc1Cl. The number of hydrogen-bond acceptors (Lipinski definition) is 2. The lowest BCUT2D eigenvalue weighted by Gasteiger charge is -2.04. The summed E-state index contributed by atoms with van der Waals surface area (Å²) in [5.41, 5.74) is 2.02. The highest BCUT2D eigenvalue weighted by atomic mass is 35.5. The van der Waals surface area contributed by atoms with Gasteiger partial charge in [-0.25, -0.2) is 9.37 Å². The molecule has 1 N–H and O–H groups in total. The number of hydrogen-bond donors (Lipinski definition) is 1. The van der Waals surface area contributed by atoms with Gasteiger partial charge in [-0.15, -0.1) is 0 Å². The zero-order chi connectivity index (χ0) is 11.5. The zero-order valence-corrected chi connectivity index (χ0v) is 9.08. The minimum atomic E-state index is -0.290. The smallest absolute Gasteiger partial charge is 0.135 e. The van der Waals surface area contributed by atoms with Gasteiger partial charge in [-0.3, -0.25) is 0 Å². The van der Waals surface area contributed by atoms with E-state index in [2.05, 4.69) is 4.98 Å². The standard InChI is InChI=1S/C12H9ClFNO/c13-12-9(7-16)3-6-11(15-12)8-1-4-10(14)5-2-8/h1-6,16H,7H2. The molecule has 16 heavy (non-hydrogen) atoms. The topological polar surface area (TPSA) is 33.1 Å². The average Bonchev–Trinajstić information content (AvgIpc) is 2.30. The summed E-state index contributed by atoms with van der Waals surface area (Å²) in [6, 6.07) is 9.44. The molecule has 0 amide bonds. The number of pyridine rings is 1. The van der Waals surface area contributed by atoms with Crippen molar-refractivity contribution < 1.29 is 9.50 Å². The van der Waals surface area contributed by atoms with Crippen LogP contribution in [0.4, 0.5) is 4.39 Å². The van der Waals surface area contributed by atoms with Crippen molar-refractivity contribution >= 4 is 11.6 Å². The first-order valence-electron chi connectivity index (χ1n) is 4.73. The Hall–Kier alpha value is -1.45. The Morgan fingerprint density at radius 3 is 2.38 bits per heavy atom. The highest BCUT2D eigenvalue weighted by Gasteiger charge is 2.04. The Labute approximate surface area is 97.3 Å². The molecule has 1 aromatic carbocycles. The van der Waals surface area contributed by atoms with Crippen LogP contribution in [0.2, 0.25) is 5.15 Å². The van der Waals surface area contributed by atoms with Crippen molar-refractivity contribution in [2.24, 2.45) is 0 Å². The maximum Gasteiger partial charge on any atom is 0.135 e. The normalized spacial score (nSPS) is 10.4. The van der Waals surface area contributed by atoms with Gasteiger partial charge >= 0.3 is 0 Å². The number of aliphatic hydroxyl groups is 1. The molecule has 0 radical (unpaired) electrons. The predicted octanol–water partition coefficient (Wildman–Crippen LogP) is 3.03. The number of aliphatic hydroxyl groups excluding tert-OH is 1. The van der Waals surface area contributed by atoms with Crippen LogP contribution < -0.4 is 0 Å². The zero-order valence-electron chi connectivity index (χ0n) is 8.32. The second-order valence-corrected chi connectivity index (χ2v) is 3.67. The summed E-state index contributed by atoms with van der Waals surface area (Å²) in [4.78, 5) is 4.13. The minimum Gasteiger partial charge on any atom is -0.392 e. The minimum absolute atomic E-state index is 0.143. The number of nitrogens with zero attached hydrogens (tertiary/aromatic N) is 1. The van der Waals surface area contributed by atoms with E-state index in [0.29, 0.717) is 11.3 Å². The summed E-state index contributed by atoms with van der Waals surface area (Å²) >= 11 is 5.87. The Kier molecular flexibility index (Phi) is 3.17. The first-order valence-corrected chi connectivity index (χ1v) is 5.10. The van der Waals surface area contributed by atoms with Crippen molar-refractivity contribution in [2.75, 3.05) is 0 Å². The van der Waals surface area contributed by atoms with Gasteiger partial charge in [0.05, 0.1) is 12.3 Å². The lowest BCUT2D eigenvalue weighted by atomic mass is 10.1.